The Kier molecular flexibility index (Phi) is 4.63. The van der Waals surface area contributed by atoms with Crippen LogP contribution in [0.5, 0.6) is 0 Å². The Hall–Kier alpha value is -1.29. The lowest BCUT2D eigenvalue weighted by Gasteiger charge is -2.26. The zero-order valence-corrected chi connectivity index (χ0v) is 13.0. The van der Waals surface area contributed by atoms with Crippen LogP contribution < -0.4 is 5.73 Å². The molecule has 0 unspecified atom stereocenters. The molecule has 4 heteroatoms. The van der Waals surface area contributed by atoms with E-state index in [0.29, 0.717) is 0 Å². The summed E-state index contributed by atoms with van der Waals surface area (Å²) in [5.41, 5.74) is 9.43. The summed E-state index contributed by atoms with van der Waals surface area (Å²) in [4.78, 5) is 5.84. The molecule has 0 spiro atoms. The van der Waals surface area contributed by atoms with Crippen molar-refractivity contribution in [1.82, 2.24) is 9.88 Å². The van der Waals surface area contributed by atoms with Crippen LogP contribution in [0.25, 0.3) is 16.5 Å². The first-order valence-corrected chi connectivity index (χ1v) is 8.04. The van der Waals surface area contributed by atoms with Gasteiger partial charge in [0.15, 0.2) is 0 Å². The number of hydrogen-bond acceptors (Lipinski definition) is 2. The molecule has 112 valence electrons. The standard InChI is InChI=1S/C17H22ClN3/c18-14-3-4-17-15(11-14)16(12-20-17)13-5-9-21(10-6-13)8-2-1-7-19/h3-5,11-12,20H,1-2,6-10,19H2. The maximum absolute atomic E-state index is 6.13. The maximum Gasteiger partial charge on any atom is 0.0461 e. The van der Waals surface area contributed by atoms with Crippen LogP contribution >= 0.6 is 11.6 Å². The minimum Gasteiger partial charge on any atom is -0.361 e. The molecule has 3 nitrogen and oxygen atoms in total. The second-order valence-corrected chi connectivity index (χ2v) is 6.10. The third-order valence-electron chi connectivity index (χ3n) is 4.21. The molecule has 3 rings (SSSR count). The zero-order chi connectivity index (χ0) is 14.7. The highest BCUT2D eigenvalue weighted by atomic mass is 35.5. The monoisotopic (exact) mass is 303 g/mol. The van der Waals surface area contributed by atoms with E-state index in [-0.39, 0.29) is 0 Å². The minimum atomic E-state index is 0.795. The number of aromatic amines is 1. The summed E-state index contributed by atoms with van der Waals surface area (Å²) in [5.74, 6) is 0. The van der Waals surface area contributed by atoms with Crippen LogP contribution in [0.15, 0.2) is 30.5 Å². The third-order valence-corrected chi connectivity index (χ3v) is 4.45. The van der Waals surface area contributed by atoms with Gasteiger partial charge in [-0.1, -0.05) is 17.7 Å². The van der Waals surface area contributed by atoms with E-state index in [9.17, 15) is 0 Å². The van der Waals surface area contributed by atoms with Gasteiger partial charge in [0.2, 0.25) is 0 Å². The summed E-state index contributed by atoms with van der Waals surface area (Å²) in [7, 11) is 0. The number of unbranched alkanes of at least 4 members (excludes halogenated alkanes) is 1. The van der Waals surface area contributed by atoms with Gasteiger partial charge >= 0.3 is 0 Å². The number of halogens is 1. The molecule has 0 saturated heterocycles. The molecule has 0 aliphatic carbocycles. The highest BCUT2D eigenvalue weighted by molar-refractivity contribution is 6.31. The van der Waals surface area contributed by atoms with Gasteiger partial charge in [0, 0.05) is 40.8 Å². The van der Waals surface area contributed by atoms with Crippen molar-refractivity contribution in [3.63, 3.8) is 0 Å². The average Bonchev–Trinajstić information content (AvgIpc) is 2.91. The van der Waals surface area contributed by atoms with Gasteiger partial charge in [-0.05, 0) is 56.1 Å². The van der Waals surface area contributed by atoms with Crippen LogP contribution in [0.1, 0.15) is 24.8 Å². The smallest absolute Gasteiger partial charge is 0.0461 e. The highest BCUT2D eigenvalue weighted by Gasteiger charge is 2.15. The van der Waals surface area contributed by atoms with Gasteiger partial charge in [0.1, 0.15) is 0 Å². The average molecular weight is 304 g/mol. The van der Waals surface area contributed by atoms with Crippen molar-refractivity contribution in [3.05, 3.63) is 41.1 Å². The molecule has 0 bridgehead atoms. The largest absolute Gasteiger partial charge is 0.361 e. The molecule has 21 heavy (non-hydrogen) atoms. The van der Waals surface area contributed by atoms with Gasteiger partial charge in [-0.25, -0.2) is 0 Å². The number of H-pyrrole nitrogens is 1. The number of nitrogens with zero attached hydrogens (tertiary/aromatic N) is 1. The Balaban J connectivity index is 1.73. The van der Waals surface area contributed by atoms with Crippen LogP contribution in [-0.4, -0.2) is 36.1 Å². The van der Waals surface area contributed by atoms with Gasteiger partial charge < -0.3 is 10.7 Å². The normalized spacial score (nSPS) is 16.4. The molecule has 0 fully saturated rings. The van der Waals surface area contributed by atoms with Crippen molar-refractivity contribution in [1.29, 1.82) is 0 Å². The Bertz CT molecular complexity index is 645. The SMILES string of the molecule is NCCCCN1CC=C(c2c[nH]c3ccc(Cl)cc23)CC1. The van der Waals surface area contributed by atoms with Gasteiger partial charge in [0.25, 0.3) is 0 Å². The topological polar surface area (TPSA) is 45.0 Å². The Morgan fingerprint density at radius 2 is 2.19 bits per heavy atom. The molecule has 2 heterocycles. The molecule has 0 saturated carbocycles. The van der Waals surface area contributed by atoms with Crippen molar-refractivity contribution < 1.29 is 0 Å². The van der Waals surface area contributed by atoms with Crippen molar-refractivity contribution >= 4 is 28.1 Å². The quantitative estimate of drug-likeness (QED) is 0.828. The Morgan fingerprint density at radius 1 is 1.29 bits per heavy atom. The lowest BCUT2D eigenvalue weighted by Crippen LogP contribution is -2.29. The van der Waals surface area contributed by atoms with Gasteiger partial charge in [-0.15, -0.1) is 0 Å². The van der Waals surface area contributed by atoms with E-state index < -0.39 is 0 Å². The van der Waals surface area contributed by atoms with Crippen LogP contribution in [0.3, 0.4) is 0 Å². The highest BCUT2D eigenvalue weighted by Crippen LogP contribution is 2.30. The molecule has 1 aromatic heterocycles. The van der Waals surface area contributed by atoms with E-state index in [4.69, 9.17) is 17.3 Å². The summed E-state index contributed by atoms with van der Waals surface area (Å²) in [6, 6.07) is 6.03. The fourth-order valence-electron chi connectivity index (χ4n) is 3.00. The van der Waals surface area contributed by atoms with Gasteiger partial charge in [0.05, 0.1) is 0 Å². The van der Waals surface area contributed by atoms with E-state index in [1.807, 2.05) is 12.1 Å². The van der Waals surface area contributed by atoms with Crippen LogP contribution in [0, 0.1) is 0 Å². The van der Waals surface area contributed by atoms with Crippen LogP contribution in [0.2, 0.25) is 5.02 Å². The first-order valence-electron chi connectivity index (χ1n) is 7.66. The van der Waals surface area contributed by atoms with Crippen molar-refractivity contribution in [2.75, 3.05) is 26.2 Å². The maximum atomic E-state index is 6.13. The number of hydrogen-bond donors (Lipinski definition) is 2. The minimum absolute atomic E-state index is 0.795. The van der Waals surface area contributed by atoms with E-state index in [2.05, 4.69) is 28.2 Å². The summed E-state index contributed by atoms with van der Waals surface area (Å²) < 4.78 is 0. The first kappa shape index (κ1) is 14.6. The molecule has 2 aromatic rings. The molecule has 0 radical (unpaired) electrons. The van der Waals surface area contributed by atoms with E-state index in [0.717, 1.165) is 49.6 Å². The van der Waals surface area contributed by atoms with Crippen molar-refractivity contribution in [3.8, 4) is 0 Å². The molecular formula is C17H22ClN3. The fourth-order valence-corrected chi connectivity index (χ4v) is 3.17. The molecule has 0 atom stereocenters. The van der Waals surface area contributed by atoms with Crippen LogP contribution in [0.4, 0.5) is 0 Å². The molecule has 1 aliphatic rings. The number of nitrogens with one attached hydrogen (secondary N) is 1. The molecular weight excluding hydrogens is 282 g/mol. The predicted octanol–water partition coefficient (Wildman–Crippen LogP) is 3.65. The molecule has 0 amide bonds. The Labute approximate surface area is 130 Å². The second kappa shape index (κ2) is 6.65. The van der Waals surface area contributed by atoms with Gasteiger partial charge in [-0.2, -0.15) is 0 Å². The van der Waals surface area contributed by atoms with Gasteiger partial charge in [-0.3, -0.25) is 4.90 Å². The number of aromatic nitrogens is 1. The van der Waals surface area contributed by atoms with Crippen molar-refractivity contribution in [2.45, 2.75) is 19.3 Å². The lowest BCUT2D eigenvalue weighted by molar-refractivity contribution is 0.296. The van der Waals surface area contributed by atoms with Crippen LogP contribution in [-0.2, 0) is 0 Å². The molecule has 1 aliphatic heterocycles. The number of nitrogens with two attached hydrogens (primary N) is 1. The van der Waals surface area contributed by atoms with E-state index >= 15 is 0 Å². The predicted molar refractivity (Wildman–Crippen MR) is 90.6 cm³/mol. The fraction of sp³-hybridized carbons (Fsp3) is 0.412. The van der Waals surface area contributed by atoms with E-state index in [1.54, 1.807) is 0 Å². The number of fused-ring (bicyclic) bond motifs is 1. The summed E-state index contributed by atoms with van der Waals surface area (Å²) in [6.45, 7) is 4.11. The molecule has 1 aromatic carbocycles. The number of rotatable bonds is 5. The number of benzene rings is 1. The summed E-state index contributed by atoms with van der Waals surface area (Å²) in [6.07, 6.45) is 7.88. The first-order chi connectivity index (χ1) is 10.3. The zero-order valence-electron chi connectivity index (χ0n) is 12.2. The summed E-state index contributed by atoms with van der Waals surface area (Å²) >= 11 is 6.13. The summed E-state index contributed by atoms with van der Waals surface area (Å²) in [5, 5.41) is 2.02. The third kappa shape index (κ3) is 3.31. The van der Waals surface area contributed by atoms with E-state index in [1.165, 1.54) is 22.9 Å². The lowest BCUT2D eigenvalue weighted by atomic mass is 9.99. The Morgan fingerprint density at radius 3 is 2.95 bits per heavy atom. The van der Waals surface area contributed by atoms with Crippen molar-refractivity contribution in [2.24, 2.45) is 5.73 Å². The molecule has 3 N–H and O–H groups in total. The second-order valence-electron chi connectivity index (χ2n) is 5.67.